The van der Waals surface area contributed by atoms with Crippen LogP contribution < -0.4 is 5.32 Å². The maximum atomic E-state index is 12.4. The molecule has 1 aliphatic rings. The van der Waals surface area contributed by atoms with Gasteiger partial charge in [-0.3, -0.25) is 4.79 Å². The van der Waals surface area contributed by atoms with Crippen molar-refractivity contribution < 1.29 is 4.79 Å². The maximum absolute atomic E-state index is 12.4. The quantitative estimate of drug-likeness (QED) is 0.939. The molecule has 1 saturated heterocycles. The van der Waals surface area contributed by atoms with Gasteiger partial charge in [0.05, 0.1) is 11.9 Å². The first kappa shape index (κ1) is 15.5. The Morgan fingerprint density at radius 1 is 1.17 bits per heavy atom. The van der Waals surface area contributed by atoms with Crippen molar-refractivity contribution in [3.05, 3.63) is 59.9 Å². The highest BCUT2D eigenvalue weighted by molar-refractivity contribution is 5.92. The second-order valence-electron chi connectivity index (χ2n) is 6.25. The molecule has 1 aliphatic heterocycles. The maximum Gasteiger partial charge on any atom is 0.272 e. The number of hydrogen-bond acceptors (Lipinski definition) is 3. The summed E-state index contributed by atoms with van der Waals surface area (Å²) in [6, 6.07) is 14.0. The number of nitrogens with zero attached hydrogens (tertiary/aromatic N) is 2. The van der Waals surface area contributed by atoms with E-state index in [9.17, 15) is 4.79 Å². The fourth-order valence-electron chi connectivity index (χ4n) is 2.80. The predicted octanol–water partition coefficient (Wildman–Crippen LogP) is 3.57. The van der Waals surface area contributed by atoms with Crippen molar-refractivity contribution in [2.24, 2.45) is 5.92 Å². The molecule has 1 amide bonds. The molecule has 4 nitrogen and oxygen atoms in total. The lowest BCUT2D eigenvalue weighted by molar-refractivity contribution is 0.0691. The summed E-state index contributed by atoms with van der Waals surface area (Å²) in [5, 5.41) is 3.33. The van der Waals surface area contributed by atoms with Crippen LogP contribution in [0.3, 0.4) is 0 Å². The molecule has 0 aliphatic carbocycles. The second kappa shape index (κ2) is 7.27. The van der Waals surface area contributed by atoms with Gasteiger partial charge in [-0.2, -0.15) is 0 Å². The zero-order valence-corrected chi connectivity index (χ0v) is 13.5. The third-order valence-electron chi connectivity index (χ3n) is 4.39. The highest BCUT2D eigenvalue weighted by Gasteiger charge is 2.22. The third-order valence-corrected chi connectivity index (χ3v) is 4.39. The Labute approximate surface area is 137 Å². The number of nitrogens with one attached hydrogen (secondary N) is 1. The minimum Gasteiger partial charge on any atom is -0.380 e. The van der Waals surface area contributed by atoms with Crippen molar-refractivity contribution in [2.75, 3.05) is 18.4 Å². The molecule has 0 saturated carbocycles. The number of anilines is 1. The SMILES string of the molecule is CC1CCN(C(=O)c2ccc(NCc3ccccc3)cn2)CC1. The fraction of sp³-hybridized carbons (Fsp3) is 0.368. The van der Waals surface area contributed by atoms with E-state index in [0.29, 0.717) is 5.69 Å². The number of amides is 1. The molecule has 1 fully saturated rings. The molecular formula is C19H23N3O. The van der Waals surface area contributed by atoms with Gasteiger partial charge in [0, 0.05) is 19.6 Å². The molecule has 0 unspecified atom stereocenters. The van der Waals surface area contributed by atoms with Crippen molar-refractivity contribution in [3.8, 4) is 0 Å². The summed E-state index contributed by atoms with van der Waals surface area (Å²) < 4.78 is 0. The summed E-state index contributed by atoms with van der Waals surface area (Å²) in [4.78, 5) is 18.7. The molecule has 120 valence electrons. The van der Waals surface area contributed by atoms with E-state index in [1.165, 1.54) is 5.56 Å². The molecule has 2 aromatic rings. The van der Waals surface area contributed by atoms with E-state index < -0.39 is 0 Å². The molecule has 0 radical (unpaired) electrons. The number of benzene rings is 1. The van der Waals surface area contributed by atoms with E-state index in [0.717, 1.165) is 44.1 Å². The van der Waals surface area contributed by atoms with Gasteiger partial charge >= 0.3 is 0 Å². The van der Waals surface area contributed by atoms with Gasteiger partial charge in [-0.1, -0.05) is 37.3 Å². The van der Waals surface area contributed by atoms with Crippen LogP contribution in [0.4, 0.5) is 5.69 Å². The third kappa shape index (κ3) is 4.09. The number of hydrogen-bond donors (Lipinski definition) is 1. The first-order valence-corrected chi connectivity index (χ1v) is 8.25. The van der Waals surface area contributed by atoms with Crippen LogP contribution in [0, 0.1) is 5.92 Å². The first-order chi connectivity index (χ1) is 11.2. The molecule has 3 rings (SSSR count). The number of piperidine rings is 1. The lowest BCUT2D eigenvalue weighted by Crippen LogP contribution is -2.38. The standard InChI is InChI=1S/C19H23N3O/c1-15-9-11-22(12-10-15)19(23)18-8-7-17(14-21-18)20-13-16-5-3-2-4-6-16/h2-8,14-15,20H,9-13H2,1H3. The van der Waals surface area contributed by atoms with E-state index in [-0.39, 0.29) is 5.91 Å². The lowest BCUT2D eigenvalue weighted by Gasteiger charge is -2.30. The van der Waals surface area contributed by atoms with Crippen LogP contribution in [-0.4, -0.2) is 28.9 Å². The highest BCUT2D eigenvalue weighted by atomic mass is 16.2. The molecule has 1 aromatic heterocycles. The van der Waals surface area contributed by atoms with E-state index in [2.05, 4.69) is 29.4 Å². The Hall–Kier alpha value is -2.36. The largest absolute Gasteiger partial charge is 0.380 e. The van der Waals surface area contributed by atoms with Crippen LogP contribution in [0.1, 0.15) is 35.8 Å². The number of pyridine rings is 1. The molecule has 1 aromatic carbocycles. The van der Waals surface area contributed by atoms with Crippen molar-refractivity contribution in [3.63, 3.8) is 0 Å². The summed E-state index contributed by atoms with van der Waals surface area (Å²) in [6.07, 6.45) is 3.91. The predicted molar refractivity (Wildman–Crippen MR) is 92.3 cm³/mol. The summed E-state index contributed by atoms with van der Waals surface area (Å²) >= 11 is 0. The lowest BCUT2D eigenvalue weighted by atomic mass is 9.99. The zero-order valence-electron chi connectivity index (χ0n) is 13.5. The average molecular weight is 309 g/mol. The average Bonchev–Trinajstić information content (AvgIpc) is 2.61. The van der Waals surface area contributed by atoms with Crippen molar-refractivity contribution in [2.45, 2.75) is 26.3 Å². The monoisotopic (exact) mass is 309 g/mol. The van der Waals surface area contributed by atoms with Crippen molar-refractivity contribution >= 4 is 11.6 Å². The van der Waals surface area contributed by atoms with Gasteiger partial charge < -0.3 is 10.2 Å². The molecule has 23 heavy (non-hydrogen) atoms. The topological polar surface area (TPSA) is 45.2 Å². The number of rotatable bonds is 4. The van der Waals surface area contributed by atoms with E-state index in [1.54, 1.807) is 6.20 Å². The number of aromatic nitrogens is 1. The number of carbonyl (C=O) groups is 1. The molecule has 4 heteroatoms. The van der Waals surface area contributed by atoms with Crippen LogP contribution >= 0.6 is 0 Å². The Bertz CT molecular complexity index is 631. The highest BCUT2D eigenvalue weighted by Crippen LogP contribution is 2.18. The van der Waals surface area contributed by atoms with Gasteiger partial charge in [0.15, 0.2) is 0 Å². The smallest absolute Gasteiger partial charge is 0.272 e. The summed E-state index contributed by atoms with van der Waals surface area (Å²) in [7, 11) is 0. The molecular weight excluding hydrogens is 286 g/mol. The molecule has 0 spiro atoms. The second-order valence-corrected chi connectivity index (χ2v) is 6.25. The summed E-state index contributed by atoms with van der Waals surface area (Å²) in [5.74, 6) is 0.767. The van der Waals surface area contributed by atoms with Crippen LogP contribution in [0.25, 0.3) is 0 Å². The molecule has 1 N–H and O–H groups in total. The Morgan fingerprint density at radius 3 is 2.57 bits per heavy atom. The minimum atomic E-state index is 0.0477. The van der Waals surface area contributed by atoms with Crippen LogP contribution in [0.2, 0.25) is 0 Å². The normalized spacial score (nSPS) is 15.4. The van der Waals surface area contributed by atoms with Gasteiger partial charge in [-0.05, 0) is 36.5 Å². The molecule has 0 atom stereocenters. The van der Waals surface area contributed by atoms with Gasteiger partial charge in [-0.25, -0.2) is 4.98 Å². The Balaban J connectivity index is 1.57. The number of carbonyl (C=O) groups excluding carboxylic acids is 1. The van der Waals surface area contributed by atoms with Gasteiger partial charge in [-0.15, -0.1) is 0 Å². The van der Waals surface area contributed by atoms with Crippen LogP contribution in [0.5, 0.6) is 0 Å². The molecule has 0 bridgehead atoms. The van der Waals surface area contributed by atoms with Crippen molar-refractivity contribution in [1.82, 2.24) is 9.88 Å². The van der Waals surface area contributed by atoms with Gasteiger partial charge in [0.25, 0.3) is 5.91 Å². The first-order valence-electron chi connectivity index (χ1n) is 8.25. The van der Waals surface area contributed by atoms with Gasteiger partial charge in [0.2, 0.25) is 0 Å². The number of likely N-dealkylation sites (tertiary alicyclic amines) is 1. The van der Waals surface area contributed by atoms with Gasteiger partial charge in [0.1, 0.15) is 5.69 Å². The molecule has 2 heterocycles. The van der Waals surface area contributed by atoms with E-state index in [1.807, 2.05) is 35.2 Å². The fourth-order valence-corrected chi connectivity index (χ4v) is 2.80. The van der Waals surface area contributed by atoms with Crippen LogP contribution in [-0.2, 0) is 6.54 Å². The summed E-state index contributed by atoms with van der Waals surface area (Å²) in [6.45, 7) is 4.68. The summed E-state index contributed by atoms with van der Waals surface area (Å²) in [5.41, 5.74) is 2.68. The van der Waals surface area contributed by atoms with Crippen molar-refractivity contribution in [1.29, 1.82) is 0 Å². The Kier molecular flexibility index (Phi) is 4.91. The van der Waals surface area contributed by atoms with Crippen LogP contribution in [0.15, 0.2) is 48.7 Å². The Morgan fingerprint density at radius 2 is 1.91 bits per heavy atom. The van der Waals surface area contributed by atoms with E-state index in [4.69, 9.17) is 0 Å². The van der Waals surface area contributed by atoms with E-state index >= 15 is 0 Å². The minimum absolute atomic E-state index is 0.0477. The zero-order chi connectivity index (χ0) is 16.1.